The van der Waals surface area contributed by atoms with Gasteiger partial charge in [-0.25, -0.2) is 13.8 Å². The van der Waals surface area contributed by atoms with Crippen molar-refractivity contribution in [3.05, 3.63) is 65.0 Å². The lowest BCUT2D eigenvalue weighted by Crippen LogP contribution is -2.51. The third kappa shape index (κ3) is 3.39. The molecule has 4 heterocycles. The Morgan fingerprint density at radius 2 is 1.84 bits per heavy atom. The molecule has 31 heavy (non-hydrogen) atoms. The predicted octanol–water partition coefficient (Wildman–Crippen LogP) is 3.36. The average Bonchev–Trinajstić information content (AvgIpc) is 3.26. The van der Waals surface area contributed by atoms with Crippen LogP contribution in [0.1, 0.15) is 53.5 Å². The average molecular weight is 427 g/mol. The Bertz CT molecular complexity index is 1030. The van der Waals surface area contributed by atoms with Crippen LogP contribution in [0.25, 0.3) is 0 Å². The summed E-state index contributed by atoms with van der Waals surface area (Å²) in [5.74, 6) is -1.61. The molecule has 0 unspecified atom stereocenters. The van der Waals surface area contributed by atoms with Crippen LogP contribution in [0.4, 0.5) is 8.78 Å². The molecule has 0 radical (unpaired) electrons. The highest BCUT2D eigenvalue weighted by atomic mass is 19.1. The van der Waals surface area contributed by atoms with E-state index in [1.807, 2.05) is 13.0 Å². The molecule has 0 aliphatic carbocycles. The number of carbonyl (C=O) groups is 2. The summed E-state index contributed by atoms with van der Waals surface area (Å²) in [5.41, 5.74) is 0.635. The van der Waals surface area contributed by atoms with Gasteiger partial charge >= 0.3 is 0 Å². The predicted molar refractivity (Wildman–Crippen MR) is 107 cm³/mol. The third-order valence-electron chi connectivity index (χ3n) is 6.55. The molecule has 2 amide bonds. The Hall–Kier alpha value is -2.87. The fraction of sp³-hybridized carbons (Fsp3) is 0.435. The maximum atomic E-state index is 13.7. The van der Waals surface area contributed by atoms with Crippen molar-refractivity contribution in [3.8, 4) is 0 Å². The van der Waals surface area contributed by atoms with E-state index in [4.69, 9.17) is 4.74 Å². The molecule has 2 atom stereocenters. The first-order valence-corrected chi connectivity index (χ1v) is 10.6. The zero-order valence-electron chi connectivity index (χ0n) is 17.2. The summed E-state index contributed by atoms with van der Waals surface area (Å²) < 4.78 is 33.7. The number of ether oxygens (including phenoxy) is 1. The maximum absolute atomic E-state index is 13.7. The molecule has 1 spiro atoms. The number of amides is 2. The largest absolute Gasteiger partial charge is 0.342 e. The van der Waals surface area contributed by atoms with E-state index >= 15 is 0 Å². The van der Waals surface area contributed by atoms with Crippen LogP contribution in [-0.4, -0.2) is 51.5 Å². The quantitative estimate of drug-likeness (QED) is 0.737. The van der Waals surface area contributed by atoms with E-state index in [1.54, 1.807) is 21.9 Å². The van der Waals surface area contributed by atoms with Crippen molar-refractivity contribution >= 4 is 11.8 Å². The van der Waals surface area contributed by atoms with E-state index in [1.165, 1.54) is 12.1 Å². The molecule has 3 aliphatic rings. The highest BCUT2D eigenvalue weighted by Gasteiger charge is 2.58. The van der Waals surface area contributed by atoms with Crippen molar-refractivity contribution in [3.63, 3.8) is 0 Å². The van der Waals surface area contributed by atoms with E-state index in [2.05, 4.69) is 4.98 Å². The number of hydrogen-bond donors (Lipinski definition) is 0. The van der Waals surface area contributed by atoms with E-state index in [-0.39, 0.29) is 11.8 Å². The fourth-order valence-corrected chi connectivity index (χ4v) is 5.04. The number of aromatic nitrogens is 1. The second kappa shape index (κ2) is 7.37. The first-order valence-electron chi connectivity index (χ1n) is 10.6. The molecule has 3 aliphatic heterocycles. The van der Waals surface area contributed by atoms with Crippen LogP contribution in [-0.2, 0) is 9.53 Å². The van der Waals surface area contributed by atoms with Crippen molar-refractivity contribution in [2.24, 2.45) is 0 Å². The Morgan fingerprint density at radius 1 is 1.13 bits per heavy atom. The number of hydrogen-bond acceptors (Lipinski definition) is 4. The summed E-state index contributed by atoms with van der Waals surface area (Å²) in [7, 11) is 0. The van der Waals surface area contributed by atoms with E-state index < -0.39 is 29.5 Å². The number of rotatable bonds is 2. The molecule has 8 heteroatoms. The van der Waals surface area contributed by atoms with Gasteiger partial charge in [-0.05, 0) is 49.6 Å². The van der Waals surface area contributed by atoms with Gasteiger partial charge in [0, 0.05) is 37.7 Å². The second-order valence-corrected chi connectivity index (χ2v) is 8.53. The van der Waals surface area contributed by atoms with E-state index in [0.29, 0.717) is 50.0 Å². The van der Waals surface area contributed by atoms with Crippen LogP contribution in [0.15, 0.2) is 36.4 Å². The lowest BCUT2D eigenvalue weighted by Gasteiger charge is -2.37. The Morgan fingerprint density at radius 3 is 2.52 bits per heavy atom. The summed E-state index contributed by atoms with van der Waals surface area (Å²) in [6, 6.07) is 8.31. The van der Waals surface area contributed by atoms with Gasteiger partial charge in [0.25, 0.3) is 11.8 Å². The van der Waals surface area contributed by atoms with Gasteiger partial charge in [-0.3, -0.25) is 9.59 Å². The topological polar surface area (TPSA) is 62.7 Å². The van der Waals surface area contributed by atoms with Gasteiger partial charge in [-0.1, -0.05) is 6.07 Å². The zero-order chi connectivity index (χ0) is 21.8. The molecular formula is C23H23F2N3O3. The van der Waals surface area contributed by atoms with Gasteiger partial charge in [0.15, 0.2) is 5.60 Å². The van der Waals surface area contributed by atoms with Crippen LogP contribution in [0.3, 0.4) is 0 Å². The summed E-state index contributed by atoms with van der Waals surface area (Å²) in [5, 5.41) is 0. The molecule has 3 fully saturated rings. The normalized spacial score (nSPS) is 24.7. The molecule has 1 aromatic heterocycles. The fourth-order valence-electron chi connectivity index (χ4n) is 5.04. The van der Waals surface area contributed by atoms with Crippen LogP contribution in [0.2, 0.25) is 0 Å². The lowest BCUT2D eigenvalue weighted by molar-refractivity contribution is -0.142. The lowest BCUT2D eigenvalue weighted by atomic mass is 9.89. The van der Waals surface area contributed by atoms with Gasteiger partial charge in [-0.2, -0.15) is 0 Å². The summed E-state index contributed by atoms with van der Waals surface area (Å²) in [6.07, 6.45) is 1.59. The van der Waals surface area contributed by atoms with Crippen LogP contribution in [0, 0.1) is 18.6 Å². The highest BCUT2D eigenvalue weighted by molar-refractivity contribution is 5.93. The SMILES string of the molecule is Cc1cccc(C(=O)N2CCC3(CC2)O[C@@H]2CC[C@@H](c4cc(F)cc(F)c4)N2C3=O)n1. The van der Waals surface area contributed by atoms with Crippen molar-refractivity contribution in [1.82, 2.24) is 14.8 Å². The summed E-state index contributed by atoms with van der Waals surface area (Å²) >= 11 is 0. The molecule has 0 N–H and O–H groups in total. The Kier molecular flexibility index (Phi) is 4.77. The van der Waals surface area contributed by atoms with Gasteiger partial charge in [0.05, 0.1) is 6.04 Å². The Balaban J connectivity index is 1.32. The minimum Gasteiger partial charge on any atom is -0.342 e. The van der Waals surface area contributed by atoms with Gasteiger partial charge in [0.1, 0.15) is 23.6 Å². The number of halogens is 2. The minimum atomic E-state index is -0.980. The molecule has 5 rings (SSSR count). The van der Waals surface area contributed by atoms with Crippen molar-refractivity contribution in [2.45, 2.75) is 50.5 Å². The number of carbonyl (C=O) groups excluding carboxylic acids is 2. The van der Waals surface area contributed by atoms with Crippen LogP contribution in [0.5, 0.6) is 0 Å². The number of fused-ring (bicyclic) bond motifs is 1. The Labute approximate surface area is 178 Å². The van der Waals surface area contributed by atoms with Crippen LogP contribution < -0.4 is 0 Å². The van der Waals surface area contributed by atoms with Crippen molar-refractivity contribution in [1.29, 1.82) is 0 Å². The number of nitrogens with zero attached hydrogens (tertiary/aromatic N) is 3. The van der Waals surface area contributed by atoms with Crippen LogP contribution >= 0.6 is 0 Å². The molecule has 3 saturated heterocycles. The standard InChI is InChI=1S/C23H23F2N3O3/c1-14-3-2-4-18(26-14)21(29)27-9-7-23(8-10-27)22(30)28-19(5-6-20(28)31-23)15-11-16(24)13-17(25)12-15/h2-4,11-13,19-20H,5-10H2,1H3/t19-,20+/m0/s1. The molecular weight excluding hydrogens is 404 g/mol. The van der Waals surface area contributed by atoms with E-state index in [0.717, 1.165) is 11.8 Å². The first-order chi connectivity index (χ1) is 14.9. The molecule has 6 nitrogen and oxygen atoms in total. The van der Waals surface area contributed by atoms with Crippen molar-refractivity contribution < 1.29 is 23.1 Å². The second-order valence-electron chi connectivity index (χ2n) is 8.53. The van der Waals surface area contributed by atoms with Gasteiger partial charge in [0.2, 0.25) is 0 Å². The summed E-state index contributed by atoms with van der Waals surface area (Å²) in [4.78, 5) is 33.8. The number of aryl methyl sites for hydroxylation is 1. The molecule has 0 saturated carbocycles. The van der Waals surface area contributed by atoms with Crippen molar-refractivity contribution in [2.75, 3.05) is 13.1 Å². The molecule has 2 aromatic rings. The minimum absolute atomic E-state index is 0.148. The molecule has 0 bridgehead atoms. The van der Waals surface area contributed by atoms with Gasteiger partial charge in [-0.15, -0.1) is 0 Å². The third-order valence-corrected chi connectivity index (χ3v) is 6.55. The van der Waals surface area contributed by atoms with E-state index in [9.17, 15) is 18.4 Å². The zero-order valence-corrected chi connectivity index (χ0v) is 17.2. The highest BCUT2D eigenvalue weighted by Crippen LogP contribution is 2.47. The molecule has 162 valence electrons. The molecule has 1 aromatic carbocycles. The number of piperidine rings is 1. The monoisotopic (exact) mass is 427 g/mol. The number of benzene rings is 1. The summed E-state index contributed by atoms with van der Waals surface area (Å²) in [6.45, 7) is 2.61. The number of pyridine rings is 1. The smallest absolute Gasteiger partial charge is 0.272 e. The first kappa shape index (κ1) is 20.1. The maximum Gasteiger partial charge on any atom is 0.272 e. The van der Waals surface area contributed by atoms with Gasteiger partial charge < -0.3 is 14.5 Å². The number of likely N-dealkylation sites (tertiary alicyclic amines) is 1.